The molecule has 0 amide bonds. The molecule has 0 heterocycles. The average Bonchev–Trinajstić information content (AvgIpc) is 0.980. The van der Waals surface area contributed by atoms with Gasteiger partial charge in [0.1, 0.15) is 19.3 Å². The lowest BCUT2D eigenvalue weighted by Crippen LogP contribution is -2.30. The van der Waals surface area contributed by atoms with Crippen molar-refractivity contribution in [2.45, 2.75) is 277 Å². The summed E-state index contributed by atoms with van der Waals surface area (Å²) in [5, 5.41) is 10.6. The van der Waals surface area contributed by atoms with Crippen LogP contribution in [-0.2, 0) is 65.4 Å². The van der Waals surface area contributed by atoms with Crippen molar-refractivity contribution >= 4 is 39.5 Å². The topological polar surface area (TPSA) is 237 Å². The molecule has 0 saturated carbocycles. The monoisotopic (exact) mass is 1410 g/mol. The van der Waals surface area contributed by atoms with Gasteiger partial charge in [-0.3, -0.25) is 37.3 Å². The maximum absolute atomic E-state index is 13.1. The van der Waals surface area contributed by atoms with Crippen molar-refractivity contribution in [2.75, 3.05) is 39.6 Å². The third-order valence-corrected chi connectivity index (χ3v) is 16.4. The highest BCUT2D eigenvalue weighted by Gasteiger charge is 2.30. The highest BCUT2D eigenvalue weighted by molar-refractivity contribution is 7.47. The number of unbranched alkanes of at least 4 members (excludes halogenated alkanes) is 16. The van der Waals surface area contributed by atoms with Gasteiger partial charge in [-0.05, 0) is 141 Å². The lowest BCUT2D eigenvalue weighted by atomic mass is 10.1. The molecule has 17 nitrogen and oxygen atoms in total. The van der Waals surface area contributed by atoms with Gasteiger partial charge in [0.05, 0.1) is 32.8 Å². The number of phosphoric acid groups is 2. The molecule has 0 spiro atoms. The molecule has 5 unspecified atom stereocenters. The molecular formula is C79H128O17P2. The minimum atomic E-state index is -5.01. The maximum Gasteiger partial charge on any atom is 0.472 e. The Morgan fingerprint density at radius 2 is 0.571 bits per heavy atom. The Bertz CT molecular complexity index is 2480. The molecule has 0 aliphatic rings. The van der Waals surface area contributed by atoms with Crippen molar-refractivity contribution in [2.24, 2.45) is 0 Å². The second kappa shape index (κ2) is 70.1. The molecule has 19 heteroatoms. The van der Waals surface area contributed by atoms with E-state index in [4.69, 9.17) is 37.0 Å². The molecule has 0 saturated heterocycles. The lowest BCUT2D eigenvalue weighted by molar-refractivity contribution is -0.161. The molecule has 0 aromatic rings. The molecule has 0 radical (unpaired) electrons. The van der Waals surface area contributed by atoms with Gasteiger partial charge >= 0.3 is 39.5 Å². The van der Waals surface area contributed by atoms with E-state index >= 15 is 0 Å². The fourth-order valence-corrected chi connectivity index (χ4v) is 10.6. The fraction of sp³-hybridized carbons (Fsp3) is 0.620. The van der Waals surface area contributed by atoms with E-state index in [1.54, 1.807) is 12.2 Å². The van der Waals surface area contributed by atoms with Crippen LogP contribution in [0.4, 0.5) is 0 Å². The number of esters is 4. The zero-order chi connectivity index (χ0) is 71.8. The number of hydrogen-bond donors (Lipinski definition) is 3. The molecule has 556 valence electrons. The van der Waals surface area contributed by atoms with Crippen LogP contribution in [0, 0.1) is 0 Å². The fourth-order valence-electron chi connectivity index (χ4n) is 8.99. The third-order valence-electron chi connectivity index (χ3n) is 14.5. The molecule has 0 rings (SSSR count). The van der Waals surface area contributed by atoms with Crippen LogP contribution in [0.5, 0.6) is 0 Å². The number of carbonyl (C=O) groups excluding carboxylic acids is 4. The summed E-state index contributed by atoms with van der Waals surface area (Å²) in [7, 11) is -10.0. The Labute approximate surface area is 591 Å². The second-order valence-electron chi connectivity index (χ2n) is 23.8. The summed E-state index contributed by atoms with van der Waals surface area (Å²) in [6.45, 7) is 4.27. The zero-order valence-electron chi connectivity index (χ0n) is 60.4. The van der Waals surface area contributed by atoms with E-state index in [1.165, 1.54) is 12.8 Å². The SMILES string of the molecule is CC/C=C\C/C=C\C/C=C\C/C=C\C/C=C\CC(=O)OC(COC(=O)CCCCCCCCC/C=C\C/C=C\C/C=C\CC)COP(=O)(O)OCC(O)COP(=O)(O)OCC(COC(=O)CCCC/C=C\C/C=C\C/C=C\C/C=C\CC)OC(=O)CCCCCCC/C=C\CCCC. The van der Waals surface area contributed by atoms with Crippen LogP contribution in [0.25, 0.3) is 0 Å². The predicted octanol–water partition coefficient (Wildman–Crippen LogP) is 20.9. The summed E-state index contributed by atoms with van der Waals surface area (Å²) in [4.78, 5) is 72.6. The van der Waals surface area contributed by atoms with E-state index in [0.717, 1.165) is 167 Å². The van der Waals surface area contributed by atoms with E-state index in [2.05, 4.69) is 161 Å². The number of aliphatic hydroxyl groups excluding tert-OH is 1. The summed E-state index contributed by atoms with van der Waals surface area (Å²) >= 11 is 0. The van der Waals surface area contributed by atoms with Gasteiger partial charge in [0.2, 0.25) is 0 Å². The molecule has 98 heavy (non-hydrogen) atoms. The minimum Gasteiger partial charge on any atom is -0.462 e. The smallest absolute Gasteiger partial charge is 0.462 e. The summed E-state index contributed by atoms with van der Waals surface area (Å²) < 4.78 is 68.1. The Balaban J connectivity index is 5.45. The number of phosphoric ester groups is 2. The molecular weight excluding hydrogens is 1280 g/mol. The Hall–Kier alpha value is -5.32. The molecule has 0 aliphatic carbocycles. The quantitative estimate of drug-likeness (QED) is 0.0169. The second-order valence-corrected chi connectivity index (χ2v) is 26.7. The standard InChI is InChI=1S/C79H128O17P2/c1-5-9-13-17-21-25-29-32-35-36-39-41-45-48-52-56-60-64-77(82)90-70-75(96-79(84)66-62-58-54-50-46-42-38-34-31-27-23-19-15-11-7-3)72-94-98(87,88)92-68-73(80)67-91-97(85,86)93-71-74(95-78(83)65-61-57-53-49-43-28-24-20-16-12-8-4)69-89-76(81)63-59-55-51-47-44-40-37-33-30-26-22-18-14-10-6-2/h9-11,13-15,20-27,32-35,37-38,44,46-47,50,58,62,73-75,80H,5-8,12,16-19,28-31,36,39-43,45,48-49,51-57,59-61,63-72H2,1-4H3,(H,85,86)(H,87,88)/b13-9-,14-10-,15-11-,24-20-,25-21-,26-22-,27-23-,35-32-,37-33-,38-34-,47-44-,50-46-,62-58-. The van der Waals surface area contributed by atoms with Crippen LogP contribution >= 0.6 is 15.6 Å². The highest BCUT2D eigenvalue weighted by atomic mass is 31.2. The molecule has 0 bridgehead atoms. The molecule has 0 aliphatic heterocycles. The van der Waals surface area contributed by atoms with Crippen molar-refractivity contribution in [3.8, 4) is 0 Å². The van der Waals surface area contributed by atoms with Crippen molar-refractivity contribution in [3.05, 3.63) is 158 Å². The van der Waals surface area contributed by atoms with Gasteiger partial charge in [-0.1, -0.05) is 250 Å². The van der Waals surface area contributed by atoms with E-state index in [1.807, 2.05) is 12.2 Å². The lowest BCUT2D eigenvalue weighted by Gasteiger charge is -2.21. The van der Waals surface area contributed by atoms with Gasteiger partial charge in [-0.25, -0.2) is 9.13 Å². The number of aliphatic hydroxyl groups is 1. The molecule has 0 aromatic heterocycles. The summed E-state index contributed by atoms with van der Waals surface area (Å²) in [5.41, 5.74) is 0. The summed E-state index contributed by atoms with van der Waals surface area (Å²) in [5.74, 6) is -2.41. The van der Waals surface area contributed by atoms with Crippen molar-refractivity contribution in [3.63, 3.8) is 0 Å². The predicted molar refractivity (Wildman–Crippen MR) is 399 cm³/mol. The highest BCUT2D eigenvalue weighted by Crippen LogP contribution is 2.45. The van der Waals surface area contributed by atoms with Crippen LogP contribution in [0.1, 0.15) is 259 Å². The number of carbonyl (C=O) groups is 4. The largest absolute Gasteiger partial charge is 0.472 e. The number of hydrogen-bond acceptors (Lipinski definition) is 15. The van der Waals surface area contributed by atoms with Crippen molar-refractivity contribution in [1.29, 1.82) is 0 Å². The van der Waals surface area contributed by atoms with E-state index < -0.39 is 97.5 Å². The van der Waals surface area contributed by atoms with Gasteiger partial charge in [0.25, 0.3) is 0 Å². The van der Waals surface area contributed by atoms with Crippen LogP contribution in [0.2, 0.25) is 0 Å². The Morgan fingerprint density at radius 3 is 0.939 bits per heavy atom. The third kappa shape index (κ3) is 69.2. The first-order chi connectivity index (χ1) is 47.7. The van der Waals surface area contributed by atoms with Crippen molar-refractivity contribution in [1.82, 2.24) is 0 Å². The molecule has 0 aromatic carbocycles. The normalized spacial score (nSPS) is 14.9. The van der Waals surface area contributed by atoms with Crippen LogP contribution in [0.3, 0.4) is 0 Å². The van der Waals surface area contributed by atoms with Crippen LogP contribution in [0.15, 0.2) is 158 Å². The number of ether oxygens (including phenoxy) is 4. The molecule has 0 fully saturated rings. The summed E-state index contributed by atoms with van der Waals surface area (Å²) in [6.07, 6.45) is 80.0. The minimum absolute atomic E-state index is 0.0678. The van der Waals surface area contributed by atoms with Crippen molar-refractivity contribution < 1.29 is 80.2 Å². The van der Waals surface area contributed by atoms with Gasteiger partial charge in [0.15, 0.2) is 12.2 Å². The first-order valence-corrected chi connectivity index (χ1v) is 39.7. The molecule has 3 N–H and O–H groups in total. The maximum atomic E-state index is 13.1. The summed E-state index contributed by atoms with van der Waals surface area (Å²) in [6, 6.07) is 0. The van der Waals surface area contributed by atoms with Crippen LogP contribution in [-0.4, -0.2) is 96.7 Å². The van der Waals surface area contributed by atoms with Gasteiger partial charge in [0, 0.05) is 19.3 Å². The van der Waals surface area contributed by atoms with Gasteiger partial charge < -0.3 is 33.8 Å². The zero-order valence-corrected chi connectivity index (χ0v) is 62.2. The first kappa shape index (κ1) is 92.7. The van der Waals surface area contributed by atoms with Gasteiger partial charge in [-0.2, -0.15) is 0 Å². The van der Waals surface area contributed by atoms with E-state index in [0.29, 0.717) is 25.7 Å². The van der Waals surface area contributed by atoms with E-state index in [9.17, 15) is 43.2 Å². The number of allylic oxidation sites excluding steroid dienone is 25. The van der Waals surface area contributed by atoms with E-state index in [-0.39, 0.29) is 25.7 Å². The van der Waals surface area contributed by atoms with Crippen LogP contribution < -0.4 is 0 Å². The average molecular weight is 1410 g/mol. The first-order valence-electron chi connectivity index (χ1n) is 36.7. The van der Waals surface area contributed by atoms with Gasteiger partial charge in [-0.15, -0.1) is 0 Å². The Kier molecular flexibility index (Phi) is 66.3. The Morgan fingerprint density at radius 1 is 0.306 bits per heavy atom. The number of rotatable bonds is 67. The molecule has 5 atom stereocenters.